The number of methoxy groups -OCH3 is 2. The molecular formula is C9H21NO2. The Bertz CT molecular complexity index is 96.5. The molecule has 12 heavy (non-hydrogen) atoms. The highest BCUT2D eigenvalue weighted by molar-refractivity contribution is 4.55. The van der Waals surface area contributed by atoms with Crippen molar-refractivity contribution >= 4 is 0 Å². The van der Waals surface area contributed by atoms with E-state index in [2.05, 4.69) is 18.7 Å². The highest BCUT2D eigenvalue weighted by atomic mass is 16.5. The Labute approximate surface area is 75.6 Å². The zero-order chi connectivity index (χ0) is 9.40. The standard InChI is InChI=1S/C9H21NO2/c1-9(2)7-10(8-12-4)5-6-11-3/h9H,5-8H2,1-4H3. The van der Waals surface area contributed by atoms with Gasteiger partial charge in [-0.05, 0) is 5.92 Å². The van der Waals surface area contributed by atoms with E-state index in [-0.39, 0.29) is 0 Å². The van der Waals surface area contributed by atoms with Gasteiger partial charge in [-0.3, -0.25) is 4.90 Å². The molecule has 0 spiro atoms. The summed E-state index contributed by atoms with van der Waals surface area (Å²) >= 11 is 0. The molecule has 0 aliphatic carbocycles. The van der Waals surface area contributed by atoms with E-state index in [9.17, 15) is 0 Å². The van der Waals surface area contributed by atoms with Gasteiger partial charge in [-0.25, -0.2) is 0 Å². The fourth-order valence-corrected chi connectivity index (χ4v) is 1.13. The topological polar surface area (TPSA) is 21.7 Å². The van der Waals surface area contributed by atoms with Gasteiger partial charge in [0.25, 0.3) is 0 Å². The predicted molar refractivity (Wildman–Crippen MR) is 50.2 cm³/mol. The number of ether oxygens (including phenoxy) is 2. The minimum absolute atomic E-state index is 0.678. The molecule has 0 saturated carbocycles. The van der Waals surface area contributed by atoms with E-state index in [1.54, 1.807) is 14.2 Å². The minimum Gasteiger partial charge on any atom is -0.383 e. The molecule has 3 heteroatoms. The van der Waals surface area contributed by atoms with E-state index >= 15 is 0 Å². The van der Waals surface area contributed by atoms with Crippen molar-refractivity contribution in [2.45, 2.75) is 13.8 Å². The smallest absolute Gasteiger partial charge is 0.0987 e. The molecule has 0 atom stereocenters. The molecule has 0 heterocycles. The second-order valence-corrected chi connectivity index (χ2v) is 3.38. The van der Waals surface area contributed by atoms with Crippen molar-refractivity contribution in [3.63, 3.8) is 0 Å². The lowest BCUT2D eigenvalue weighted by atomic mass is 10.2. The van der Waals surface area contributed by atoms with Gasteiger partial charge in [-0.15, -0.1) is 0 Å². The van der Waals surface area contributed by atoms with Crippen LogP contribution in [0, 0.1) is 5.92 Å². The van der Waals surface area contributed by atoms with Gasteiger partial charge in [-0.2, -0.15) is 0 Å². The van der Waals surface area contributed by atoms with Crippen LogP contribution < -0.4 is 0 Å². The van der Waals surface area contributed by atoms with E-state index in [1.165, 1.54) is 0 Å². The van der Waals surface area contributed by atoms with Gasteiger partial charge in [0, 0.05) is 27.3 Å². The van der Waals surface area contributed by atoms with Gasteiger partial charge in [-0.1, -0.05) is 13.8 Å². The summed E-state index contributed by atoms with van der Waals surface area (Å²) in [6.07, 6.45) is 0. The van der Waals surface area contributed by atoms with Crippen LogP contribution in [0.5, 0.6) is 0 Å². The Kier molecular flexibility index (Phi) is 7.45. The lowest BCUT2D eigenvalue weighted by molar-refractivity contribution is 0.0370. The summed E-state index contributed by atoms with van der Waals surface area (Å²) in [7, 11) is 3.44. The molecule has 0 aliphatic rings. The Balaban J connectivity index is 3.54. The summed E-state index contributed by atoms with van der Waals surface area (Å²) in [5.41, 5.74) is 0. The third-order valence-electron chi connectivity index (χ3n) is 1.55. The maximum Gasteiger partial charge on any atom is 0.0987 e. The molecule has 0 unspecified atom stereocenters. The molecule has 0 aromatic heterocycles. The van der Waals surface area contributed by atoms with Crippen molar-refractivity contribution in [3.05, 3.63) is 0 Å². The normalized spacial score (nSPS) is 11.5. The molecule has 0 fully saturated rings. The SMILES string of the molecule is COCCN(COC)CC(C)C. The Morgan fingerprint density at radius 2 is 1.83 bits per heavy atom. The molecule has 0 N–H and O–H groups in total. The lowest BCUT2D eigenvalue weighted by Gasteiger charge is -2.22. The van der Waals surface area contributed by atoms with Crippen LogP contribution in [-0.4, -0.2) is 45.5 Å². The molecule has 0 rings (SSSR count). The van der Waals surface area contributed by atoms with Gasteiger partial charge in [0.15, 0.2) is 0 Å². The Morgan fingerprint density at radius 1 is 1.17 bits per heavy atom. The first-order chi connectivity index (χ1) is 5.70. The van der Waals surface area contributed by atoms with Gasteiger partial charge in [0.05, 0.1) is 13.3 Å². The highest BCUT2D eigenvalue weighted by Gasteiger charge is 2.05. The maximum atomic E-state index is 5.07. The Hall–Kier alpha value is -0.120. The van der Waals surface area contributed by atoms with E-state index in [0.717, 1.165) is 19.7 Å². The van der Waals surface area contributed by atoms with Crippen LogP contribution in [0.1, 0.15) is 13.8 Å². The summed E-state index contributed by atoms with van der Waals surface area (Å²) < 4.78 is 10.1. The average molecular weight is 175 g/mol. The summed E-state index contributed by atoms with van der Waals surface area (Å²) in [6.45, 7) is 7.89. The summed E-state index contributed by atoms with van der Waals surface area (Å²) in [5, 5.41) is 0. The molecule has 0 amide bonds. The van der Waals surface area contributed by atoms with Crippen LogP contribution in [0.4, 0.5) is 0 Å². The van der Waals surface area contributed by atoms with Crippen molar-refractivity contribution < 1.29 is 9.47 Å². The fourth-order valence-electron chi connectivity index (χ4n) is 1.13. The molecule has 74 valence electrons. The number of hydrogen-bond donors (Lipinski definition) is 0. The number of nitrogens with zero attached hydrogens (tertiary/aromatic N) is 1. The summed E-state index contributed by atoms with van der Waals surface area (Å²) in [4.78, 5) is 2.24. The van der Waals surface area contributed by atoms with Crippen LogP contribution in [0.15, 0.2) is 0 Å². The molecule has 0 saturated heterocycles. The summed E-state index contributed by atoms with van der Waals surface area (Å²) in [6, 6.07) is 0. The first kappa shape index (κ1) is 11.9. The molecular weight excluding hydrogens is 154 g/mol. The van der Waals surface area contributed by atoms with Gasteiger partial charge >= 0.3 is 0 Å². The fraction of sp³-hybridized carbons (Fsp3) is 1.00. The first-order valence-corrected chi connectivity index (χ1v) is 4.41. The third-order valence-corrected chi connectivity index (χ3v) is 1.55. The first-order valence-electron chi connectivity index (χ1n) is 4.41. The van der Waals surface area contributed by atoms with Crippen LogP contribution in [0.3, 0.4) is 0 Å². The van der Waals surface area contributed by atoms with Crippen LogP contribution in [0.2, 0.25) is 0 Å². The van der Waals surface area contributed by atoms with E-state index in [4.69, 9.17) is 9.47 Å². The number of hydrogen-bond acceptors (Lipinski definition) is 3. The van der Waals surface area contributed by atoms with Crippen molar-refractivity contribution in [3.8, 4) is 0 Å². The van der Waals surface area contributed by atoms with E-state index in [0.29, 0.717) is 12.6 Å². The molecule has 3 nitrogen and oxygen atoms in total. The monoisotopic (exact) mass is 175 g/mol. The minimum atomic E-state index is 0.678. The molecule has 0 aliphatic heterocycles. The molecule has 0 radical (unpaired) electrons. The van der Waals surface area contributed by atoms with Crippen molar-refractivity contribution in [2.75, 3.05) is 40.6 Å². The maximum absolute atomic E-state index is 5.07. The predicted octanol–water partition coefficient (Wildman–Crippen LogP) is 1.19. The third kappa shape index (κ3) is 6.58. The molecule has 0 aromatic rings. The molecule has 0 aromatic carbocycles. The highest BCUT2D eigenvalue weighted by Crippen LogP contribution is 1.97. The zero-order valence-electron chi connectivity index (χ0n) is 8.67. The van der Waals surface area contributed by atoms with Crippen LogP contribution in [0.25, 0.3) is 0 Å². The Morgan fingerprint density at radius 3 is 2.25 bits per heavy atom. The largest absolute Gasteiger partial charge is 0.383 e. The van der Waals surface area contributed by atoms with E-state index < -0.39 is 0 Å². The van der Waals surface area contributed by atoms with Crippen molar-refractivity contribution in [1.29, 1.82) is 0 Å². The van der Waals surface area contributed by atoms with Crippen LogP contribution >= 0.6 is 0 Å². The summed E-state index contributed by atoms with van der Waals surface area (Å²) in [5.74, 6) is 0.678. The van der Waals surface area contributed by atoms with Crippen LogP contribution in [-0.2, 0) is 9.47 Å². The quantitative estimate of drug-likeness (QED) is 0.543. The second kappa shape index (κ2) is 7.53. The van der Waals surface area contributed by atoms with Gasteiger partial charge in [0.1, 0.15) is 0 Å². The average Bonchev–Trinajstić information content (AvgIpc) is 2.00. The second-order valence-electron chi connectivity index (χ2n) is 3.38. The number of rotatable bonds is 7. The van der Waals surface area contributed by atoms with E-state index in [1.807, 2.05) is 0 Å². The lowest BCUT2D eigenvalue weighted by Crippen LogP contribution is -2.32. The molecule has 0 bridgehead atoms. The zero-order valence-corrected chi connectivity index (χ0v) is 8.67. The van der Waals surface area contributed by atoms with Gasteiger partial charge < -0.3 is 9.47 Å². The van der Waals surface area contributed by atoms with Crippen molar-refractivity contribution in [2.24, 2.45) is 5.92 Å². The van der Waals surface area contributed by atoms with Gasteiger partial charge in [0.2, 0.25) is 0 Å². The van der Waals surface area contributed by atoms with Crippen molar-refractivity contribution in [1.82, 2.24) is 4.90 Å².